The lowest BCUT2D eigenvalue weighted by Crippen LogP contribution is -2.39. The molecule has 1 aliphatic heterocycles. The van der Waals surface area contributed by atoms with Crippen LogP contribution in [-0.4, -0.2) is 37.7 Å². The highest BCUT2D eigenvalue weighted by Crippen LogP contribution is 2.25. The van der Waals surface area contributed by atoms with Crippen molar-refractivity contribution in [3.8, 4) is 5.75 Å². The van der Waals surface area contributed by atoms with E-state index in [1.165, 1.54) is 0 Å². The van der Waals surface area contributed by atoms with E-state index in [4.69, 9.17) is 9.15 Å². The number of para-hydroxylation sites is 1. The minimum absolute atomic E-state index is 0.312. The van der Waals surface area contributed by atoms with Gasteiger partial charge in [0.25, 0.3) is 0 Å². The van der Waals surface area contributed by atoms with Gasteiger partial charge in [0.2, 0.25) is 0 Å². The van der Waals surface area contributed by atoms with Crippen LogP contribution in [0.1, 0.15) is 24.0 Å². The molecule has 1 aromatic heterocycles. The maximum absolute atomic E-state index is 11.9. The van der Waals surface area contributed by atoms with Gasteiger partial charge in [0.15, 0.2) is 0 Å². The van der Waals surface area contributed by atoms with Gasteiger partial charge < -0.3 is 14.5 Å². The van der Waals surface area contributed by atoms with E-state index in [2.05, 4.69) is 34.5 Å². The minimum Gasteiger partial charge on any atom is -0.496 e. The lowest BCUT2D eigenvalue weighted by Gasteiger charge is -2.32. The molecule has 1 saturated heterocycles. The first-order valence-electron chi connectivity index (χ1n) is 10.5. The number of nitrogens with one attached hydrogen (secondary N) is 1. The first-order chi connectivity index (χ1) is 14.6. The number of fused-ring (bicyclic) bond motifs is 1. The number of aryl methyl sites for hydroxylation is 1. The summed E-state index contributed by atoms with van der Waals surface area (Å²) in [5.41, 5.74) is 3.44. The van der Waals surface area contributed by atoms with Gasteiger partial charge in [0.05, 0.1) is 12.8 Å². The Hall–Kier alpha value is -3.05. The lowest BCUT2D eigenvalue weighted by molar-refractivity contribution is 0.240. The van der Waals surface area contributed by atoms with E-state index in [1.807, 2.05) is 37.3 Å². The Bertz CT molecular complexity index is 1090. The van der Waals surface area contributed by atoms with Crippen molar-refractivity contribution in [2.24, 2.45) is 0 Å². The predicted molar refractivity (Wildman–Crippen MR) is 122 cm³/mol. The highest BCUT2D eigenvalue weighted by Gasteiger charge is 2.19. The Morgan fingerprint density at radius 2 is 1.97 bits per heavy atom. The molecule has 1 fully saturated rings. The number of nitrogens with zero attached hydrogens (tertiary/aromatic N) is 1. The molecular weight excluding hydrogens is 376 g/mol. The van der Waals surface area contributed by atoms with Crippen molar-refractivity contribution in [1.29, 1.82) is 0 Å². The molecule has 0 bridgehead atoms. The molecule has 30 heavy (non-hydrogen) atoms. The molecule has 156 valence electrons. The second kappa shape index (κ2) is 9.18. The number of hydrogen-bond donors (Lipinski definition) is 1. The molecule has 0 spiro atoms. The van der Waals surface area contributed by atoms with Crippen molar-refractivity contribution in [2.75, 3.05) is 32.1 Å². The number of piperidine rings is 1. The van der Waals surface area contributed by atoms with Crippen molar-refractivity contribution >= 4 is 22.7 Å². The SMILES string of the molecule is COc1ccccc1C=CCN1CCC(Nc2cc(=O)oc3ccc(C)cc23)CC1. The van der Waals surface area contributed by atoms with Crippen molar-refractivity contribution in [1.82, 2.24) is 4.90 Å². The summed E-state index contributed by atoms with van der Waals surface area (Å²) in [6.45, 7) is 5.01. The fraction of sp³-hybridized carbons (Fsp3) is 0.320. The van der Waals surface area contributed by atoms with Crippen LogP contribution in [0.25, 0.3) is 17.0 Å². The molecule has 1 N–H and O–H groups in total. The van der Waals surface area contributed by atoms with E-state index in [0.29, 0.717) is 11.6 Å². The third kappa shape index (κ3) is 4.74. The molecule has 2 aromatic carbocycles. The van der Waals surface area contributed by atoms with Crippen LogP contribution in [0.4, 0.5) is 5.69 Å². The number of anilines is 1. The van der Waals surface area contributed by atoms with Crippen molar-refractivity contribution in [3.05, 3.63) is 76.2 Å². The summed E-state index contributed by atoms with van der Waals surface area (Å²) in [6, 6.07) is 15.9. The second-order valence-electron chi connectivity index (χ2n) is 7.84. The first kappa shape index (κ1) is 20.2. The number of methoxy groups -OCH3 is 1. The number of hydrogen-bond acceptors (Lipinski definition) is 5. The Balaban J connectivity index is 1.35. The van der Waals surface area contributed by atoms with Crippen LogP contribution < -0.4 is 15.7 Å². The average Bonchev–Trinajstić information content (AvgIpc) is 2.76. The molecule has 0 aliphatic carbocycles. The van der Waals surface area contributed by atoms with Crippen molar-refractivity contribution in [3.63, 3.8) is 0 Å². The zero-order valence-corrected chi connectivity index (χ0v) is 17.6. The molecule has 4 rings (SSSR count). The Morgan fingerprint density at radius 3 is 2.77 bits per heavy atom. The van der Waals surface area contributed by atoms with Gasteiger partial charge in [-0.3, -0.25) is 4.90 Å². The standard InChI is InChI=1S/C25H28N2O3/c1-18-9-10-24-21(16-18)22(17-25(28)30-24)26-20-11-14-27(15-12-20)13-5-7-19-6-3-4-8-23(19)29-2/h3-10,16-17,20,26H,11-15H2,1-2H3. The summed E-state index contributed by atoms with van der Waals surface area (Å²) in [6.07, 6.45) is 6.40. The molecule has 5 heteroatoms. The Kier molecular flexibility index (Phi) is 6.19. The first-order valence-corrected chi connectivity index (χ1v) is 10.5. The number of rotatable bonds is 6. The number of likely N-dealkylation sites (tertiary alicyclic amines) is 1. The van der Waals surface area contributed by atoms with Crippen LogP contribution in [0.15, 0.2) is 63.8 Å². The van der Waals surface area contributed by atoms with Gasteiger partial charge in [-0.25, -0.2) is 4.79 Å². The summed E-state index contributed by atoms with van der Waals surface area (Å²) < 4.78 is 10.7. The van der Waals surface area contributed by atoms with Crippen LogP contribution in [0, 0.1) is 6.92 Å². The van der Waals surface area contributed by atoms with Crippen LogP contribution in [-0.2, 0) is 0 Å². The number of benzene rings is 2. The van der Waals surface area contributed by atoms with E-state index < -0.39 is 0 Å². The van der Waals surface area contributed by atoms with E-state index in [9.17, 15) is 4.79 Å². The quantitative estimate of drug-likeness (QED) is 0.604. The smallest absolute Gasteiger partial charge is 0.338 e. The predicted octanol–water partition coefficient (Wildman–Crippen LogP) is 4.70. The molecule has 2 heterocycles. The molecule has 0 unspecified atom stereocenters. The topological polar surface area (TPSA) is 54.7 Å². The highest BCUT2D eigenvalue weighted by molar-refractivity contribution is 5.90. The third-order valence-electron chi connectivity index (χ3n) is 5.65. The van der Waals surface area contributed by atoms with E-state index in [1.54, 1.807) is 13.2 Å². The Morgan fingerprint density at radius 1 is 1.17 bits per heavy atom. The normalized spacial score (nSPS) is 15.7. The summed E-state index contributed by atoms with van der Waals surface area (Å²) in [5, 5.41) is 4.56. The van der Waals surface area contributed by atoms with Gasteiger partial charge in [-0.15, -0.1) is 0 Å². The molecular formula is C25H28N2O3. The molecule has 0 amide bonds. The zero-order valence-electron chi connectivity index (χ0n) is 17.6. The monoisotopic (exact) mass is 404 g/mol. The van der Waals surface area contributed by atoms with Gasteiger partial charge in [0.1, 0.15) is 11.3 Å². The van der Waals surface area contributed by atoms with Crippen molar-refractivity contribution in [2.45, 2.75) is 25.8 Å². The van der Waals surface area contributed by atoms with Gasteiger partial charge in [0, 0.05) is 42.7 Å². The van der Waals surface area contributed by atoms with Gasteiger partial charge in [-0.2, -0.15) is 0 Å². The highest BCUT2D eigenvalue weighted by atomic mass is 16.5. The maximum Gasteiger partial charge on any atom is 0.338 e. The van der Waals surface area contributed by atoms with Crippen LogP contribution in [0.5, 0.6) is 5.75 Å². The van der Waals surface area contributed by atoms with E-state index >= 15 is 0 Å². The van der Waals surface area contributed by atoms with E-state index in [0.717, 1.165) is 60.4 Å². The fourth-order valence-electron chi connectivity index (χ4n) is 4.01. The van der Waals surface area contributed by atoms with E-state index in [-0.39, 0.29) is 5.63 Å². The average molecular weight is 405 g/mol. The zero-order chi connectivity index (χ0) is 20.9. The van der Waals surface area contributed by atoms with Crippen LogP contribution in [0.2, 0.25) is 0 Å². The molecule has 1 aliphatic rings. The van der Waals surface area contributed by atoms with Crippen molar-refractivity contribution < 1.29 is 9.15 Å². The molecule has 0 radical (unpaired) electrons. The third-order valence-corrected chi connectivity index (χ3v) is 5.65. The second-order valence-corrected chi connectivity index (χ2v) is 7.84. The summed E-state index contributed by atoms with van der Waals surface area (Å²) >= 11 is 0. The summed E-state index contributed by atoms with van der Waals surface area (Å²) in [7, 11) is 1.70. The molecule has 5 nitrogen and oxygen atoms in total. The number of ether oxygens (including phenoxy) is 1. The summed E-state index contributed by atoms with van der Waals surface area (Å²) in [5.74, 6) is 0.895. The molecule has 0 saturated carbocycles. The van der Waals surface area contributed by atoms with Gasteiger partial charge in [-0.05, 0) is 38.0 Å². The Labute approximate surface area is 177 Å². The maximum atomic E-state index is 11.9. The van der Waals surface area contributed by atoms with Gasteiger partial charge in [-0.1, -0.05) is 42.0 Å². The molecule has 3 aromatic rings. The largest absolute Gasteiger partial charge is 0.496 e. The fourth-order valence-corrected chi connectivity index (χ4v) is 4.01. The van der Waals surface area contributed by atoms with Crippen LogP contribution >= 0.6 is 0 Å². The van der Waals surface area contributed by atoms with Gasteiger partial charge >= 0.3 is 5.63 Å². The molecule has 0 atom stereocenters. The summed E-state index contributed by atoms with van der Waals surface area (Å²) in [4.78, 5) is 14.4. The van der Waals surface area contributed by atoms with Crippen LogP contribution in [0.3, 0.4) is 0 Å². The minimum atomic E-state index is -0.312. The lowest BCUT2D eigenvalue weighted by atomic mass is 10.0.